The molecule has 0 radical (unpaired) electrons. The summed E-state index contributed by atoms with van der Waals surface area (Å²) >= 11 is 0. The first-order valence-electron chi connectivity index (χ1n) is 8.61. The maximum Gasteiger partial charge on any atom is 0.0804 e. The van der Waals surface area contributed by atoms with Gasteiger partial charge in [0, 0.05) is 30.4 Å². The first kappa shape index (κ1) is 16.2. The SMILES string of the molecule is CC(CC(O)c1ccccc1)NC(Cc1ccccn1)C1CC1. The molecule has 2 N–H and O–H groups in total. The number of aliphatic hydroxyl groups is 1. The number of benzene rings is 1. The van der Waals surface area contributed by atoms with Crippen LogP contribution in [0.3, 0.4) is 0 Å². The van der Waals surface area contributed by atoms with Crippen molar-refractivity contribution >= 4 is 0 Å². The quantitative estimate of drug-likeness (QED) is 0.784. The maximum atomic E-state index is 10.4. The van der Waals surface area contributed by atoms with Crippen LogP contribution in [0.1, 0.15) is 43.5 Å². The van der Waals surface area contributed by atoms with E-state index < -0.39 is 6.10 Å². The molecule has 0 saturated heterocycles. The predicted octanol–water partition coefficient (Wildman–Crippen LogP) is 3.50. The van der Waals surface area contributed by atoms with Crippen molar-refractivity contribution in [3.63, 3.8) is 0 Å². The summed E-state index contributed by atoms with van der Waals surface area (Å²) in [7, 11) is 0. The smallest absolute Gasteiger partial charge is 0.0804 e. The zero-order chi connectivity index (χ0) is 16.1. The number of rotatable bonds is 8. The fourth-order valence-electron chi connectivity index (χ4n) is 3.18. The minimum atomic E-state index is -0.409. The first-order valence-corrected chi connectivity index (χ1v) is 8.61. The predicted molar refractivity (Wildman–Crippen MR) is 93.1 cm³/mol. The molecule has 1 heterocycles. The molecular weight excluding hydrogens is 284 g/mol. The second kappa shape index (κ2) is 7.71. The topological polar surface area (TPSA) is 45.1 Å². The lowest BCUT2D eigenvalue weighted by Crippen LogP contribution is -2.40. The molecule has 1 aliphatic carbocycles. The minimum absolute atomic E-state index is 0.277. The molecule has 1 saturated carbocycles. The molecule has 3 nitrogen and oxygen atoms in total. The molecule has 1 fully saturated rings. The summed E-state index contributed by atoms with van der Waals surface area (Å²) < 4.78 is 0. The number of nitrogens with zero attached hydrogens (tertiary/aromatic N) is 1. The molecule has 122 valence electrons. The minimum Gasteiger partial charge on any atom is -0.388 e. The van der Waals surface area contributed by atoms with E-state index in [0.717, 1.165) is 30.0 Å². The molecule has 1 aromatic heterocycles. The second-order valence-electron chi connectivity index (χ2n) is 6.70. The summed E-state index contributed by atoms with van der Waals surface area (Å²) in [6.45, 7) is 2.17. The van der Waals surface area contributed by atoms with Crippen molar-refractivity contribution < 1.29 is 5.11 Å². The van der Waals surface area contributed by atoms with Crippen LogP contribution in [0.25, 0.3) is 0 Å². The van der Waals surface area contributed by atoms with Gasteiger partial charge in [-0.2, -0.15) is 0 Å². The number of aliphatic hydroxyl groups excluding tert-OH is 1. The number of nitrogens with one attached hydrogen (secondary N) is 1. The van der Waals surface area contributed by atoms with Crippen LogP contribution in [-0.4, -0.2) is 22.2 Å². The molecular formula is C20H26N2O. The van der Waals surface area contributed by atoms with E-state index in [2.05, 4.69) is 29.4 Å². The molecule has 0 amide bonds. The van der Waals surface area contributed by atoms with Crippen LogP contribution in [-0.2, 0) is 6.42 Å². The fourth-order valence-corrected chi connectivity index (χ4v) is 3.18. The number of hydrogen-bond donors (Lipinski definition) is 2. The van der Waals surface area contributed by atoms with Gasteiger partial charge in [0.2, 0.25) is 0 Å². The van der Waals surface area contributed by atoms with E-state index in [1.807, 2.05) is 42.6 Å². The van der Waals surface area contributed by atoms with Gasteiger partial charge in [-0.3, -0.25) is 4.98 Å². The fraction of sp³-hybridized carbons (Fsp3) is 0.450. The monoisotopic (exact) mass is 310 g/mol. The number of hydrogen-bond acceptors (Lipinski definition) is 3. The van der Waals surface area contributed by atoms with Gasteiger partial charge in [-0.15, -0.1) is 0 Å². The van der Waals surface area contributed by atoms with Crippen LogP contribution in [0, 0.1) is 5.92 Å². The van der Waals surface area contributed by atoms with Crippen molar-refractivity contribution in [2.45, 2.75) is 50.8 Å². The average molecular weight is 310 g/mol. The van der Waals surface area contributed by atoms with Gasteiger partial charge in [0.05, 0.1) is 6.10 Å². The highest BCUT2D eigenvalue weighted by atomic mass is 16.3. The molecule has 0 aliphatic heterocycles. The zero-order valence-electron chi connectivity index (χ0n) is 13.7. The van der Waals surface area contributed by atoms with Crippen molar-refractivity contribution in [3.05, 3.63) is 66.0 Å². The van der Waals surface area contributed by atoms with E-state index in [4.69, 9.17) is 0 Å². The number of aromatic nitrogens is 1. The van der Waals surface area contributed by atoms with Crippen LogP contribution < -0.4 is 5.32 Å². The molecule has 1 aromatic carbocycles. The average Bonchev–Trinajstić information content (AvgIpc) is 3.41. The largest absolute Gasteiger partial charge is 0.388 e. The highest BCUT2D eigenvalue weighted by Gasteiger charge is 2.32. The summed E-state index contributed by atoms with van der Waals surface area (Å²) in [5.74, 6) is 0.758. The Bertz CT molecular complexity index is 583. The van der Waals surface area contributed by atoms with E-state index in [0.29, 0.717) is 6.04 Å². The molecule has 23 heavy (non-hydrogen) atoms. The van der Waals surface area contributed by atoms with Crippen LogP contribution in [0.2, 0.25) is 0 Å². The van der Waals surface area contributed by atoms with Crippen LogP contribution in [0.4, 0.5) is 0 Å². The van der Waals surface area contributed by atoms with Gasteiger partial charge >= 0.3 is 0 Å². The molecule has 0 bridgehead atoms. The van der Waals surface area contributed by atoms with Gasteiger partial charge in [-0.25, -0.2) is 0 Å². The van der Waals surface area contributed by atoms with Gasteiger partial charge < -0.3 is 10.4 Å². The molecule has 3 heteroatoms. The Morgan fingerprint density at radius 2 is 1.87 bits per heavy atom. The second-order valence-corrected chi connectivity index (χ2v) is 6.70. The lowest BCUT2D eigenvalue weighted by atomic mass is 10.00. The van der Waals surface area contributed by atoms with E-state index in [1.165, 1.54) is 12.8 Å². The number of pyridine rings is 1. The third kappa shape index (κ3) is 4.88. The van der Waals surface area contributed by atoms with Crippen molar-refractivity contribution in [3.8, 4) is 0 Å². The lowest BCUT2D eigenvalue weighted by molar-refractivity contribution is 0.150. The molecule has 3 atom stereocenters. The summed E-state index contributed by atoms with van der Waals surface area (Å²) in [4.78, 5) is 4.46. The van der Waals surface area contributed by atoms with E-state index >= 15 is 0 Å². The van der Waals surface area contributed by atoms with Gasteiger partial charge in [0.15, 0.2) is 0 Å². The Morgan fingerprint density at radius 3 is 2.52 bits per heavy atom. The highest BCUT2D eigenvalue weighted by Crippen LogP contribution is 2.34. The third-order valence-corrected chi connectivity index (χ3v) is 4.61. The van der Waals surface area contributed by atoms with Crippen molar-refractivity contribution in [2.24, 2.45) is 5.92 Å². The summed E-state index contributed by atoms with van der Waals surface area (Å²) in [6.07, 6.45) is 5.76. The van der Waals surface area contributed by atoms with Crippen molar-refractivity contribution in [2.75, 3.05) is 0 Å². The zero-order valence-corrected chi connectivity index (χ0v) is 13.7. The van der Waals surface area contributed by atoms with E-state index in [9.17, 15) is 5.11 Å². The Morgan fingerprint density at radius 1 is 1.13 bits per heavy atom. The van der Waals surface area contributed by atoms with E-state index in [1.54, 1.807) is 0 Å². The Kier molecular flexibility index (Phi) is 5.42. The summed E-state index contributed by atoms with van der Waals surface area (Å²) in [6, 6.07) is 16.8. The molecule has 3 rings (SSSR count). The van der Waals surface area contributed by atoms with Crippen LogP contribution in [0.5, 0.6) is 0 Å². The third-order valence-electron chi connectivity index (χ3n) is 4.61. The lowest BCUT2D eigenvalue weighted by Gasteiger charge is -2.25. The molecule has 2 aromatic rings. The maximum absolute atomic E-state index is 10.4. The molecule has 0 spiro atoms. The van der Waals surface area contributed by atoms with Gasteiger partial charge in [-0.05, 0) is 49.8 Å². The van der Waals surface area contributed by atoms with Gasteiger partial charge in [0.25, 0.3) is 0 Å². The van der Waals surface area contributed by atoms with Crippen LogP contribution >= 0.6 is 0 Å². The van der Waals surface area contributed by atoms with E-state index in [-0.39, 0.29) is 6.04 Å². The normalized spacial score (nSPS) is 18.3. The summed E-state index contributed by atoms with van der Waals surface area (Å²) in [5.41, 5.74) is 2.14. The molecule has 1 aliphatic rings. The van der Waals surface area contributed by atoms with Crippen LogP contribution in [0.15, 0.2) is 54.7 Å². The summed E-state index contributed by atoms with van der Waals surface area (Å²) in [5, 5.41) is 14.1. The Hall–Kier alpha value is -1.71. The van der Waals surface area contributed by atoms with Gasteiger partial charge in [-0.1, -0.05) is 36.4 Å². The van der Waals surface area contributed by atoms with Crippen molar-refractivity contribution in [1.29, 1.82) is 0 Å². The highest BCUT2D eigenvalue weighted by molar-refractivity contribution is 5.17. The molecule has 3 unspecified atom stereocenters. The standard InChI is InChI=1S/C20H26N2O/c1-15(13-20(23)17-7-3-2-4-8-17)22-19(16-10-11-16)14-18-9-5-6-12-21-18/h2-9,12,15-16,19-20,22-23H,10-11,13-14H2,1H3. The van der Waals surface area contributed by atoms with Gasteiger partial charge in [0.1, 0.15) is 0 Å². The Balaban J connectivity index is 1.55. The Labute approximate surface area is 138 Å². The van der Waals surface area contributed by atoms with Crippen molar-refractivity contribution in [1.82, 2.24) is 10.3 Å². The first-order chi connectivity index (χ1) is 11.2.